The van der Waals surface area contributed by atoms with E-state index in [-0.39, 0.29) is 24.8 Å². The minimum atomic E-state index is 0. The largest absolute Gasteiger partial charge is 0.398 e. The van der Waals surface area contributed by atoms with Gasteiger partial charge in [0, 0.05) is 11.4 Å². The Balaban J connectivity index is 0.00000128. The Morgan fingerprint density at radius 2 is 2.18 bits per heavy atom. The van der Waals surface area contributed by atoms with Crippen LogP contribution in [0.4, 0.5) is 5.69 Å². The zero-order valence-corrected chi connectivity index (χ0v) is 12.2. The van der Waals surface area contributed by atoms with Gasteiger partial charge in [0.25, 0.3) is 0 Å². The number of anilines is 1. The minimum absolute atomic E-state index is 0. The third-order valence-electron chi connectivity index (χ3n) is 2.09. The molecule has 17 heavy (non-hydrogen) atoms. The molecule has 1 aromatic carbocycles. The van der Waals surface area contributed by atoms with Gasteiger partial charge in [-0.3, -0.25) is 4.99 Å². The second-order valence-corrected chi connectivity index (χ2v) is 4.68. The Morgan fingerprint density at radius 3 is 2.76 bits per heavy atom. The second-order valence-electron chi connectivity index (χ2n) is 3.23. The summed E-state index contributed by atoms with van der Waals surface area (Å²) < 4.78 is 0. The number of rotatable bonds is 3. The summed E-state index contributed by atoms with van der Waals surface area (Å²) in [4.78, 5) is 5.43. The van der Waals surface area contributed by atoms with Crippen LogP contribution in [0.1, 0.15) is 0 Å². The average molecular weight is 315 g/mol. The Morgan fingerprint density at radius 1 is 1.41 bits per heavy atom. The van der Waals surface area contributed by atoms with Gasteiger partial charge in [-0.1, -0.05) is 11.6 Å². The zero-order chi connectivity index (χ0) is 10.7. The van der Waals surface area contributed by atoms with Crippen LogP contribution in [0.3, 0.4) is 0 Å². The number of halogens is 3. The van der Waals surface area contributed by atoms with E-state index < -0.39 is 0 Å². The standard InChI is InChI=1S/C10H12ClN3S.2ClH/c11-8-5-7(1-2-9(8)12)15-6-10-13-3-4-14-10;;/h1-2,5H,3-4,6,12H2,(H,13,14);2*1H. The molecule has 1 aliphatic heterocycles. The fraction of sp³-hybridized carbons (Fsp3) is 0.300. The summed E-state index contributed by atoms with van der Waals surface area (Å²) in [6, 6.07) is 5.69. The lowest BCUT2D eigenvalue weighted by atomic mass is 10.3. The fourth-order valence-corrected chi connectivity index (χ4v) is 2.40. The molecular weight excluding hydrogens is 301 g/mol. The summed E-state index contributed by atoms with van der Waals surface area (Å²) in [5, 5.41) is 3.84. The van der Waals surface area contributed by atoms with E-state index in [9.17, 15) is 0 Å². The molecule has 0 aromatic heterocycles. The van der Waals surface area contributed by atoms with Gasteiger partial charge in [-0.2, -0.15) is 0 Å². The van der Waals surface area contributed by atoms with Crippen molar-refractivity contribution in [2.24, 2.45) is 4.99 Å². The first-order valence-electron chi connectivity index (χ1n) is 4.71. The number of amidine groups is 1. The number of thioether (sulfide) groups is 1. The van der Waals surface area contributed by atoms with Crippen molar-refractivity contribution in [2.45, 2.75) is 4.90 Å². The molecule has 0 bridgehead atoms. The van der Waals surface area contributed by atoms with Gasteiger partial charge in [0.2, 0.25) is 0 Å². The maximum Gasteiger partial charge on any atom is 0.107 e. The van der Waals surface area contributed by atoms with Crippen molar-refractivity contribution in [1.29, 1.82) is 0 Å². The lowest BCUT2D eigenvalue weighted by molar-refractivity contribution is 0.959. The topological polar surface area (TPSA) is 50.4 Å². The lowest BCUT2D eigenvalue weighted by Crippen LogP contribution is -2.20. The number of aliphatic imine (C=N–C) groups is 1. The third-order valence-corrected chi connectivity index (χ3v) is 3.42. The highest BCUT2D eigenvalue weighted by molar-refractivity contribution is 8.00. The normalized spacial score (nSPS) is 13.1. The molecule has 3 N–H and O–H groups in total. The Bertz CT molecular complexity index is 398. The first-order valence-corrected chi connectivity index (χ1v) is 6.07. The summed E-state index contributed by atoms with van der Waals surface area (Å²) in [6.07, 6.45) is 0. The van der Waals surface area contributed by atoms with E-state index in [0.717, 1.165) is 29.6 Å². The minimum Gasteiger partial charge on any atom is -0.398 e. The van der Waals surface area contributed by atoms with Crippen LogP contribution in [0.5, 0.6) is 0 Å². The monoisotopic (exact) mass is 313 g/mol. The molecule has 0 fully saturated rings. The summed E-state index contributed by atoms with van der Waals surface area (Å²) in [5.41, 5.74) is 6.25. The first-order chi connectivity index (χ1) is 7.25. The quantitative estimate of drug-likeness (QED) is 0.666. The molecule has 1 aliphatic rings. The number of hydrogen-bond acceptors (Lipinski definition) is 4. The van der Waals surface area contributed by atoms with Crippen LogP contribution < -0.4 is 11.1 Å². The van der Waals surface area contributed by atoms with E-state index in [1.807, 2.05) is 18.2 Å². The van der Waals surface area contributed by atoms with E-state index in [1.165, 1.54) is 0 Å². The molecule has 0 saturated heterocycles. The van der Waals surface area contributed by atoms with Crippen molar-refractivity contribution in [3.05, 3.63) is 23.2 Å². The number of nitrogens with zero attached hydrogens (tertiary/aromatic N) is 1. The van der Waals surface area contributed by atoms with Crippen LogP contribution in [0, 0.1) is 0 Å². The highest BCUT2D eigenvalue weighted by atomic mass is 35.5. The molecule has 0 unspecified atom stereocenters. The lowest BCUT2D eigenvalue weighted by Gasteiger charge is -2.04. The van der Waals surface area contributed by atoms with Crippen molar-refractivity contribution >= 4 is 59.7 Å². The smallest absolute Gasteiger partial charge is 0.107 e. The van der Waals surface area contributed by atoms with Gasteiger partial charge in [0.05, 0.1) is 23.0 Å². The predicted molar refractivity (Wildman–Crippen MR) is 81.4 cm³/mol. The first kappa shape index (κ1) is 16.7. The maximum atomic E-state index is 5.93. The molecule has 0 atom stereocenters. The zero-order valence-electron chi connectivity index (χ0n) is 8.98. The Labute approximate surface area is 122 Å². The highest BCUT2D eigenvalue weighted by Gasteiger charge is 2.06. The van der Waals surface area contributed by atoms with E-state index in [1.54, 1.807) is 11.8 Å². The number of nitrogens with two attached hydrogens (primary N) is 1. The molecule has 2 rings (SSSR count). The van der Waals surface area contributed by atoms with E-state index in [4.69, 9.17) is 17.3 Å². The van der Waals surface area contributed by atoms with Crippen molar-refractivity contribution < 1.29 is 0 Å². The Hall–Kier alpha value is -0.290. The molecule has 0 radical (unpaired) electrons. The van der Waals surface area contributed by atoms with Crippen molar-refractivity contribution in [2.75, 3.05) is 24.6 Å². The number of hydrogen-bond donors (Lipinski definition) is 2. The fourth-order valence-electron chi connectivity index (χ4n) is 1.29. The van der Waals surface area contributed by atoms with E-state index in [2.05, 4.69) is 10.3 Å². The van der Waals surface area contributed by atoms with Gasteiger partial charge >= 0.3 is 0 Å². The van der Waals surface area contributed by atoms with Crippen LogP contribution in [-0.4, -0.2) is 24.7 Å². The van der Waals surface area contributed by atoms with Gasteiger partial charge in [-0.05, 0) is 18.2 Å². The molecule has 7 heteroatoms. The Kier molecular flexibility index (Phi) is 7.79. The van der Waals surface area contributed by atoms with Crippen LogP contribution in [0.25, 0.3) is 0 Å². The van der Waals surface area contributed by atoms with Crippen LogP contribution in [-0.2, 0) is 0 Å². The average Bonchev–Trinajstić information content (AvgIpc) is 2.73. The van der Waals surface area contributed by atoms with Crippen molar-refractivity contribution in [3.63, 3.8) is 0 Å². The highest BCUT2D eigenvalue weighted by Crippen LogP contribution is 2.26. The third kappa shape index (κ3) is 4.84. The second kappa shape index (κ2) is 7.93. The van der Waals surface area contributed by atoms with Gasteiger partial charge < -0.3 is 11.1 Å². The predicted octanol–water partition coefficient (Wildman–Crippen LogP) is 2.86. The summed E-state index contributed by atoms with van der Waals surface area (Å²) in [5.74, 6) is 1.92. The SMILES string of the molecule is Cl.Cl.Nc1ccc(SCC2=NCCN2)cc1Cl. The number of nitrogen functional groups attached to an aromatic ring is 1. The molecule has 3 nitrogen and oxygen atoms in total. The molecule has 0 saturated carbocycles. The van der Waals surface area contributed by atoms with E-state index >= 15 is 0 Å². The van der Waals surface area contributed by atoms with E-state index in [0.29, 0.717) is 10.7 Å². The summed E-state index contributed by atoms with van der Waals surface area (Å²) in [6.45, 7) is 1.84. The molecule has 1 heterocycles. The molecular formula is C10H14Cl3N3S. The van der Waals surface area contributed by atoms with Crippen molar-refractivity contribution in [3.8, 4) is 0 Å². The van der Waals surface area contributed by atoms with Gasteiger partial charge in [0.1, 0.15) is 5.84 Å². The summed E-state index contributed by atoms with van der Waals surface area (Å²) in [7, 11) is 0. The van der Waals surface area contributed by atoms with Crippen molar-refractivity contribution in [1.82, 2.24) is 5.32 Å². The molecule has 0 aliphatic carbocycles. The number of nitrogens with one attached hydrogen (secondary N) is 1. The van der Waals surface area contributed by atoms with Gasteiger partial charge in [0.15, 0.2) is 0 Å². The molecule has 1 aromatic rings. The maximum absolute atomic E-state index is 5.93. The van der Waals surface area contributed by atoms with Crippen LogP contribution in [0.2, 0.25) is 5.02 Å². The molecule has 0 spiro atoms. The van der Waals surface area contributed by atoms with Crippen LogP contribution in [0.15, 0.2) is 28.1 Å². The van der Waals surface area contributed by atoms with Gasteiger partial charge in [-0.25, -0.2) is 0 Å². The van der Waals surface area contributed by atoms with Gasteiger partial charge in [-0.15, -0.1) is 36.6 Å². The molecule has 96 valence electrons. The molecule has 0 amide bonds. The number of benzene rings is 1. The summed E-state index contributed by atoms with van der Waals surface area (Å²) >= 11 is 7.63. The van der Waals surface area contributed by atoms with Crippen LogP contribution >= 0.6 is 48.2 Å².